The van der Waals surface area contributed by atoms with Crippen LogP contribution in [-0.4, -0.2) is 5.78 Å². The molecular formula is C15H11BrCl2O. The van der Waals surface area contributed by atoms with Gasteiger partial charge >= 0.3 is 0 Å². The Balaban J connectivity index is 2.28. The number of benzene rings is 2. The second kappa shape index (κ2) is 6.08. The Morgan fingerprint density at radius 3 is 2.58 bits per heavy atom. The molecule has 0 N–H and O–H groups in total. The smallest absolute Gasteiger partial charge is 0.167 e. The lowest BCUT2D eigenvalue weighted by atomic mass is 9.99. The van der Waals surface area contributed by atoms with Gasteiger partial charge in [-0.05, 0) is 42.3 Å². The number of hydrogen-bond donors (Lipinski definition) is 0. The first-order valence-corrected chi connectivity index (χ1v) is 7.25. The van der Waals surface area contributed by atoms with E-state index in [9.17, 15) is 4.79 Å². The molecule has 0 aliphatic heterocycles. The Kier molecular flexibility index (Phi) is 4.67. The second-order valence-electron chi connectivity index (χ2n) is 4.29. The Morgan fingerprint density at radius 1 is 1.16 bits per heavy atom. The molecule has 1 nitrogen and oxygen atoms in total. The number of hydrogen-bond acceptors (Lipinski definition) is 1. The molecule has 0 saturated heterocycles. The summed E-state index contributed by atoms with van der Waals surface area (Å²) in [7, 11) is 0. The number of carbonyl (C=O) groups is 1. The van der Waals surface area contributed by atoms with Crippen LogP contribution in [0.2, 0.25) is 10.0 Å². The van der Waals surface area contributed by atoms with Gasteiger partial charge in [0, 0.05) is 26.5 Å². The van der Waals surface area contributed by atoms with Crippen molar-refractivity contribution in [1.82, 2.24) is 0 Å². The third-order valence-corrected chi connectivity index (χ3v) is 3.95. The molecular weight excluding hydrogens is 347 g/mol. The monoisotopic (exact) mass is 356 g/mol. The summed E-state index contributed by atoms with van der Waals surface area (Å²) in [5, 5.41) is 1.09. The van der Waals surface area contributed by atoms with Gasteiger partial charge in [0.2, 0.25) is 0 Å². The molecule has 2 rings (SSSR count). The summed E-state index contributed by atoms with van der Waals surface area (Å²) in [6.45, 7) is 1.92. The molecule has 2 aromatic rings. The van der Waals surface area contributed by atoms with Crippen molar-refractivity contribution in [2.24, 2.45) is 0 Å². The van der Waals surface area contributed by atoms with E-state index in [1.165, 1.54) is 0 Å². The Labute approximate surface area is 130 Å². The number of Topliss-reactive ketones (excluding diaryl/α,β-unsaturated/α-hetero) is 1. The van der Waals surface area contributed by atoms with E-state index in [0.717, 1.165) is 15.6 Å². The molecule has 19 heavy (non-hydrogen) atoms. The van der Waals surface area contributed by atoms with Crippen LogP contribution in [0.3, 0.4) is 0 Å². The lowest BCUT2D eigenvalue weighted by molar-refractivity contribution is 0.0992. The maximum absolute atomic E-state index is 12.3. The molecule has 0 aromatic heterocycles. The van der Waals surface area contributed by atoms with E-state index in [1.54, 1.807) is 18.2 Å². The average molecular weight is 358 g/mol. The van der Waals surface area contributed by atoms with Gasteiger partial charge in [-0.15, -0.1) is 0 Å². The molecule has 0 fully saturated rings. The molecule has 0 saturated carbocycles. The Hall–Kier alpha value is -0.830. The zero-order valence-corrected chi connectivity index (χ0v) is 13.3. The lowest BCUT2D eigenvalue weighted by Gasteiger charge is -2.07. The van der Waals surface area contributed by atoms with E-state index in [2.05, 4.69) is 15.9 Å². The fourth-order valence-electron chi connectivity index (χ4n) is 1.83. The van der Waals surface area contributed by atoms with Gasteiger partial charge in [-0.3, -0.25) is 4.79 Å². The molecule has 0 atom stereocenters. The second-order valence-corrected chi connectivity index (χ2v) is 6.05. The van der Waals surface area contributed by atoms with Gasteiger partial charge in [0.15, 0.2) is 5.78 Å². The quantitative estimate of drug-likeness (QED) is 0.664. The largest absolute Gasteiger partial charge is 0.294 e. The first-order valence-electron chi connectivity index (χ1n) is 5.70. The molecule has 0 unspecified atom stereocenters. The summed E-state index contributed by atoms with van der Waals surface area (Å²) in [6, 6.07) is 10.9. The van der Waals surface area contributed by atoms with Gasteiger partial charge in [0.05, 0.1) is 0 Å². The minimum absolute atomic E-state index is 0.0445. The van der Waals surface area contributed by atoms with Crippen molar-refractivity contribution in [3.63, 3.8) is 0 Å². The molecule has 0 aliphatic carbocycles. The number of ketones is 1. The summed E-state index contributed by atoms with van der Waals surface area (Å²) in [5.41, 5.74) is 2.45. The van der Waals surface area contributed by atoms with Gasteiger partial charge in [-0.1, -0.05) is 51.3 Å². The van der Waals surface area contributed by atoms with Gasteiger partial charge in [-0.25, -0.2) is 0 Å². The van der Waals surface area contributed by atoms with Crippen LogP contribution in [0.1, 0.15) is 21.5 Å². The molecule has 0 spiro atoms. The highest BCUT2D eigenvalue weighted by molar-refractivity contribution is 9.10. The topological polar surface area (TPSA) is 17.1 Å². The number of halogens is 3. The zero-order chi connectivity index (χ0) is 14.0. The van der Waals surface area contributed by atoms with Crippen LogP contribution in [0, 0.1) is 6.92 Å². The van der Waals surface area contributed by atoms with E-state index in [0.29, 0.717) is 15.6 Å². The van der Waals surface area contributed by atoms with E-state index in [4.69, 9.17) is 23.2 Å². The molecule has 98 valence electrons. The van der Waals surface area contributed by atoms with Crippen molar-refractivity contribution in [3.8, 4) is 0 Å². The third kappa shape index (κ3) is 3.59. The number of carbonyl (C=O) groups excluding carboxylic acids is 1. The highest BCUT2D eigenvalue weighted by Crippen LogP contribution is 2.24. The molecule has 0 heterocycles. The highest BCUT2D eigenvalue weighted by Gasteiger charge is 2.12. The first kappa shape index (κ1) is 14.6. The summed E-state index contributed by atoms with van der Waals surface area (Å²) in [4.78, 5) is 12.3. The van der Waals surface area contributed by atoms with Gasteiger partial charge < -0.3 is 0 Å². The van der Waals surface area contributed by atoms with Gasteiger partial charge in [0.1, 0.15) is 0 Å². The summed E-state index contributed by atoms with van der Waals surface area (Å²) < 4.78 is 0.892. The predicted octanol–water partition coefficient (Wildman–Crippen LogP) is 5.49. The third-order valence-electron chi connectivity index (χ3n) is 2.87. The van der Waals surface area contributed by atoms with E-state index < -0.39 is 0 Å². The minimum atomic E-state index is 0.0445. The van der Waals surface area contributed by atoms with E-state index in [1.807, 2.05) is 25.1 Å². The summed E-state index contributed by atoms with van der Waals surface area (Å²) in [5.74, 6) is 0.0445. The lowest BCUT2D eigenvalue weighted by Crippen LogP contribution is -2.06. The summed E-state index contributed by atoms with van der Waals surface area (Å²) >= 11 is 15.3. The molecule has 0 bridgehead atoms. The fourth-order valence-corrected chi connectivity index (χ4v) is 2.66. The van der Waals surface area contributed by atoms with Crippen molar-refractivity contribution in [2.45, 2.75) is 13.3 Å². The molecule has 2 aromatic carbocycles. The van der Waals surface area contributed by atoms with Crippen LogP contribution in [0.25, 0.3) is 0 Å². The maximum atomic E-state index is 12.3. The summed E-state index contributed by atoms with van der Waals surface area (Å²) in [6.07, 6.45) is 0.271. The van der Waals surface area contributed by atoms with Crippen LogP contribution in [0.5, 0.6) is 0 Å². The van der Waals surface area contributed by atoms with Crippen LogP contribution >= 0.6 is 39.1 Å². The average Bonchev–Trinajstić information content (AvgIpc) is 2.35. The van der Waals surface area contributed by atoms with Crippen molar-refractivity contribution >= 4 is 44.9 Å². The van der Waals surface area contributed by atoms with E-state index in [-0.39, 0.29) is 12.2 Å². The van der Waals surface area contributed by atoms with Crippen LogP contribution in [-0.2, 0) is 6.42 Å². The minimum Gasteiger partial charge on any atom is -0.294 e. The maximum Gasteiger partial charge on any atom is 0.167 e. The Morgan fingerprint density at radius 2 is 1.89 bits per heavy atom. The van der Waals surface area contributed by atoms with Gasteiger partial charge in [-0.2, -0.15) is 0 Å². The SMILES string of the molecule is Cc1ccc(Br)cc1C(=O)Cc1ccc(Cl)cc1Cl. The standard InChI is InChI=1S/C15H11BrCl2O/c1-9-2-4-11(16)7-13(9)15(19)6-10-3-5-12(17)8-14(10)18/h2-5,7-8H,6H2,1H3. The first-order chi connectivity index (χ1) is 8.97. The van der Waals surface area contributed by atoms with Crippen LogP contribution in [0.15, 0.2) is 40.9 Å². The Bertz CT molecular complexity index is 638. The molecule has 0 amide bonds. The normalized spacial score (nSPS) is 10.5. The molecule has 4 heteroatoms. The highest BCUT2D eigenvalue weighted by atomic mass is 79.9. The van der Waals surface area contributed by atoms with Crippen molar-refractivity contribution < 1.29 is 4.79 Å². The van der Waals surface area contributed by atoms with Crippen molar-refractivity contribution in [2.75, 3.05) is 0 Å². The molecule has 0 radical (unpaired) electrons. The predicted molar refractivity (Wildman–Crippen MR) is 83.4 cm³/mol. The van der Waals surface area contributed by atoms with Crippen molar-refractivity contribution in [1.29, 1.82) is 0 Å². The zero-order valence-electron chi connectivity index (χ0n) is 10.2. The van der Waals surface area contributed by atoms with Crippen LogP contribution < -0.4 is 0 Å². The van der Waals surface area contributed by atoms with E-state index >= 15 is 0 Å². The van der Waals surface area contributed by atoms with Crippen molar-refractivity contribution in [3.05, 3.63) is 67.6 Å². The van der Waals surface area contributed by atoms with Gasteiger partial charge in [0.25, 0.3) is 0 Å². The number of aryl methyl sites for hydroxylation is 1. The number of rotatable bonds is 3. The van der Waals surface area contributed by atoms with Crippen LogP contribution in [0.4, 0.5) is 0 Å². The molecule has 0 aliphatic rings. The fraction of sp³-hybridized carbons (Fsp3) is 0.133.